The largest absolute Gasteiger partial charge is 0.492 e. The van der Waals surface area contributed by atoms with Gasteiger partial charge in [-0.2, -0.15) is 0 Å². The van der Waals surface area contributed by atoms with Gasteiger partial charge in [-0.05, 0) is 12.8 Å². The molecule has 1 saturated heterocycles. The summed E-state index contributed by atoms with van der Waals surface area (Å²) in [4.78, 5) is 14.9. The molecule has 6 nitrogen and oxygen atoms in total. The van der Waals surface area contributed by atoms with Gasteiger partial charge in [-0.25, -0.2) is 0 Å². The predicted molar refractivity (Wildman–Crippen MR) is 78.8 cm³/mol. The molecule has 1 saturated carbocycles. The molecule has 2 fully saturated rings. The van der Waals surface area contributed by atoms with E-state index in [1.807, 2.05) is 0 Å². The molecule has 110 valence electrons. The number of thiophene rings is 1. The number of nitrogens with one attached hydrogen (secondary N) is 1. The first-order chi connectivity index (χ1) is 9.70. The van der Waals surface area contributed by atoms with Gasteiger partial charge in [-0.15, -0.1) is 11.3 Å². The van der Waals surface area contributed by atoms with Gasteiger partial charge in [0.05, 0.1) is 20.3 Å². The molecule has 0 spiro atoms. The van der Waals surface area contributed by atoms with Crippen LogP contribution in [0.5, 0.6) is 5.75 Å². The van der Waals surface area contributed by atoms with Gasteiger partial charge in [0.2, 0.25) is 0 Å². The number of amides is 1. The van der Waals surface area contributed by atoms with Gasteiger partial charge in [0, 0.05) is 19.1 Å². The van der Waals surface area contributed by atoms with Crippen LogP contribution >= 0.6 is 11.3 Å². The highest BCUT2D eigenvalue weighted by Gasteiger charge is 2.29. The molecule has 2 aliphatic rings. The van der Waals surface area contributed by atoms with E-state index in [2.05, 4.69) is 10.2 Å². The molecule has 1 aliphatic heterocycles. The van der Waals surface area contributed by atoms with Crippen molar-refractivity contribution < 1.29 is 14.3 Å². The van der Waals surface area contributed by atoms with Crippen LogP contribution in [0.15, 0.2) is 0 Å². The zero-order valence-corrected chi connectivity index (χ0v) is 12.3. The van der Waals surface area contributed by atoms with Crippen LogP contribution in [0.1, 0.15) is 22.5 Å². The lowest BCUT2D eigenvalue weighted by Crippen LogP contribution is -2.35. The van der Waals surface area contributed by atoms with Crippen molar-refractivity contribution in [3.63, 3.8) is 0 Å². The molecule has 0 atom stereocenters. The summed E-state index contributed by atoms with van der Waals surface area (Å²) in [5.74, 6) is 0.519. The summed E-state index contributed by atoms with van der Waals surface area (Å²) in [6.07, 6.45) is 2.12. The predicted octanol–water partition coefficient (Wildman–Crippen LogP) is 1.07. The molecule has 2 heterocycles. The molecule has 20 heavy (non-hydrogen) atoms. The molecule has 3 rings (SSSR count). The Morgan fingerprint density at radius 2 is 2.15 bits per heavy atom. The van der Waals surface area contributed by atoms with E-state index in [1.165, 1.54) is 11.3 Å². The second-order valence-corrected chi connectivity index (χ2v) is 6.03. The number of carbonyl (C=O) groups excluding carboxylic acids is 1. The van der Waals surface area contributed by atoms with Gasteiger partial charge in [-0.3, -0.25) is 4.79 Å². The van der Waals surface area contributed by atoms with Crippen molar-refractivity contribution in [1.29, 1.82) is 0 Å². The Morgan fingerprint density at radius 1 is 1.45 bits per heavy atom. The number of carbonyl (C=O) groups is 1. The zero-order valence-electron chi connectivity index (χ0n) is 11.5. The van der Waals surface area contributed by atoms with Crippen LogP contribution in [-0.2, 0) is 4.74 Å². The molecule has 1 aromatic rings. The molecule has 0 unspecified atom stereocenters. The Balaban J connectivity index is 1.86. The minimum Gasteiger partial charge on any atom is -0.492 e. The first-order valence-corrected chi connectivity index (χ1v) is 7.62. The molecule has 0 aromatic carbocycles. The molecule has 1 amide bonds. The standard InChI is InChI=1S/C13H19N3O3S/c1-18-10-9(14)11(12(17)15-8-2-3-8)20-13(10)16-4-6-19-7-5-16/h8H,2-7,14H2,1H3,(H,15,17). The smallest absolute Gasteiger partial charge is 0.263 e. The van der Waals surface area contributed by atoms with E-state index in [0.29, 0.717) is 35.6 Å². The number of morpholine rings is 1. The minimum atomic E-state index is -0.0900. The minimum absolute atomic E-state index is 0.0900. The van der Waals surface area contributed by atoms with E-state index >= 15 is 0 Å². The highest BCUT2D eigenvalue weighted by Crippen LogP contribution is 2.45. The second kappa shape index (κ2) is 5.49. The van der Waals surface area contributed by atoms with Gasteiger partial charge >= 0.3 is 0 Å². The summed E-state index contributed by atoms with van der Waals surface area (Å²) in [5.41, 5.74) is 6.53. The second-order valence-electron chi connectivity index (χ2n) is 5.03. The number of hydrogen-bond acceptors (Lipinski definition) is 6. The van der Waals surface area contributed by atoms with Crippen LogP contribution < -0.4 is 20.7 Å². The van der Waals surface area contributed by atoms with E-state index in [9.17, 15) is 4.79 Å². The van der Waals surface area contributed by atoms with Crippen molar-refractivity contribution in [3.05, 3.63) is 4.88 Å². The number of nitrogen functional groups attached to an aromatic ring is 1. The highest BCUT2D eigenvalue weighted by atomic mass is 32.1. The molecule has 7 heteroatoms. The van der Waals surface area contributed by atoms with Crippen molar-refractivity contribution in [3.8, 4) is 5.75 Å². The van der Waals surface area contributed by atoms with Crippen molar-refractivity contribution in [2.75, 3.05) is 44.0 Å². The number of methoxy groups -OCH3 is 1. The third kappa shape index (κ3) is 2.55. The quantitative estimate of drug-likeness (QED) is 0.869. The van der Waals surface area contributed by atoms with Crippen molar-refractivity contribution in [1.82, 2.24) is 5.32 Å². The molecule has 3 N–H and O–H groups in total. The number of hydrogen-bond donors (Lipinski definition) is 2. The monoisotopic (exact) mass is 297 g/mol. The molecule has 0 radical (unpaired) electrons. The topological polar surface area (TPSA) is 76.8 Å². The van der Waals surface area contributed by atoms with E-state index in [1.54, 1.807) is 7.11 Å². The Hall–Kier alpha value is -1.47. The van der Waals surface area contributed by atoms with E-state index in [-0.39, 0.29) is 5.91 Å². The maximum Gasteiger partial charge on any atom is 0.263 e. The Labute approximate surface area is 121 Å². The Bertz CT molecular complexity index is 507. The first kappa shape index (κ1) is 13.5. The van der Waals surface area contributed by atoms with Crippen molar-refractivity contribution in [2.45, 2.75) is 18.9 Å². The Kier molecular flexibility index (Phi) is 3.71. The van der Waals surface area contributed by atoms with Crippen LogP contribution in [0.2, 0.25) is 0 Å². The summed E-state index contributed by atoms with van der Waals surface area (Å²) >= 11 is 1.40. The van der Waals surface area contributed by atoms with E-state index in [0.717, 1.165) is 30.9 Å². The van der Waals surface area contributed by atoms with Crippen molar-refractivity contribution >= 4 is 27.9 Å². The van der Waals surface area contributed by atoms with Gasteiger partial charge in [0.15, 0.2) is 5.75 Å². The molecular formula is C13H19N3O3S. The lowest BCUT2D eigenvalue weighted by Gasteiger charge is -2.27. The average Bonchev–Trinajstić information content (AvgIpc) is 3.21. The lowest BCUT2D eigenvalue weighted by molar-refractivity contribution is 0.0956. The zero-order chi connectivity index (χ0) is 14.1. The van der Waals surface area contributed by atoms with Crippen LogP contribution in [0.25, 0.3) is 0 Å². The Morgan fingerprint density at radius 3 is 2.75 bits per heavy atom. The number of anilines is 2. The lowest BCUT2D eigenvalue weighted by atomic mass is 10.3. The number of rotatable bonds is 4. The summed E-state index contributed by atoms with van der Waals surface area (Å²) in [5, 5.41) is 3.90. The highest BCUT2D eigenvalue weighted by molar-refractivity contribution is 7.19. The number of nitrogens with zero attached hydrogens (tertiary/aromatic N) is 1. The summed E-state index contributed by atoms with van der Waals surface area (Å²) in [6, 6.07) is 0.321. The van der Waals surface area contributed by atoms with Gasteiger partial charge in [0.25, 0.3) is 5.91 Å². The van der Waals surface area contributed by atoms with Crippen molar-refractivity contribution in [2.24, 2.45) is 0 Å². The molecule has 0 bridgehead atoms. The molecular weight excluding hydrogens is 278 g/mol. The average molecular weight is 297 g/mol. The normalized spacial score (nSPS) is 18.9. The summed E-state index contributed by atoms with van der Waals surface area (Å²) in [7, 11) is 1.59. The first-order valence-electron chi connectivity index (χ1n) is 6.80. The summed E-state index contributed by atoms with van der Waals surface area (Å²) in [6.45, 7) is 2.95. The third-order valence-electron chi connectivity index (χ3n) is 3.50. The molecule has 1 aliphatic carbocycles. The van der Waals surface area contributed by atoms with Gasteiger partial charge in [0.1, 0.15) is 15.6 Å². The number of ether oxygens (including phenoxy) is 2. The van der Waals surface area contributed by atoms with Crippen LogP contribution in [0, 0.1) is 0 Å². The maximum absolute atomic E-state index is 12.2. The van der Waals surface area contributed by atoms with Crippen LogP contribution in [-0.4, -0.2) is 45.4 Å². The van der Waals surface area contributed by atoms with Crippen LogP contribution in [0.4, 0.5) is 10.7 Å². The van der Waals surface area contributed by atoms with E-state index in [4.69, 9.17) is 15.2 Å². The maximum atomic E-state index is 12.2. The fourth-order valence-electron chi connectivity index (χ4n) is 2.24. The third-order valence-corrected chi connectivity index (χ3v) is 4.75. The van der Waals surface area contributed by atoms with Gasteiger partial charge in [-0.1, -0.05) is 0 Å². The van der Waals surface area contributed by atoms with E-state index < -0.39 is 0 Å². The van der Waals surface area contributed by atoms with Crippen LogP contribution in [0.3, 0.4) is 0 Å². The summed E-state index contributed by atoms with van der Waals surface area (Å²) < 4.78 is 10.8. The molecule has 1 aromatic heterocycles. The SMILES string of the molecule is COc1c(N2CCOCC2)sc(C(=O)NC2CC2)c1N. The van der Waals surface area contributed by atoms with Gasteiger partial charge < -0.3 is 25.4 Å². The fourth-order valence-corrected chi connectivity index (χ4v) is 3.38. The number of nitrogens with two attached hydrogens (primary N) is 1. The fraction of sp³-hybridized carbons (Fsp3) is 0.615.